The van der Waals surface area contributed by atoms with E-state index in [1.807, 2.05) is 37.2 Å². The Kier molecular flexibility index (Phi) is 3.89. The average molecular weight is 190 g/mol. The third kappa shape index (κ3) is 2.71. The molecule has 1 aromatic rings. The Morgan fingerprint density at radius 3 is 3.00 bits per heavy atom. The van der Waals surface area contributed by atoms with E-state index in [1.54, 1.807) is 6.07 Å². The molecule has 0 atom stereocenters. The molecule has 0 aromatic carbocycles. The minimum atomic E-state index is 0.457. The van der Waals surface area contributed by atoms with Gasteiger partial charge >= 0.3 is 0 Å². The molecular weight excluding hydrogens is 176 g/mol. The lowest BCUT2D eigenvalue weighted by Crippen LogP contribution is -2.27. The van der Waals surface area contributed by atoms with Crippen molar-refractivity contribution in [3.63, 3.8) is 0 Å². The fourth-order valence-electron chi connectivity index (χ4n) is 1.09. The van der Waals surface area contributed by atoms with E-state index in [9.17, 15) is 0 Å². The van der Waals surface area contributed by atoms with Crippen LogP contribution in [0.3, 0.4) is 0 Å². The summed E-state index contributed by atoms with van der Waals surface area (Å²) in [7, 11) is 3.87. The molecule has 1 N–H and O–H groups in total. The van der Waals surface area contributed by atoms with Crippen LogP contribution in [0, 0.1) is 11.3 Å². The lowest BCUT2D eigenvalue weighted by Gasteiger charge is -2.17. The molecule has 0 aliphatic heterocycles. The van der Waals surface area contributed by atoms with Gasteiger partial charge < -0.3 is 10.2 Å². The molecule has 1 rings (SSSR count). The maximum Gasteiger partial charge on any atom is 0.142 e. The van der Waals surface area contributed by atoms with Gasteiger partial charge in [-0.05, 0) is 19.2 Å². The van der Waals surface area contributed by atoms with Gasteiger partial charge in [0.1, 0.15) is 17.6 Å². The molecule has 4 nitrogen and oxygen atoms in total. The molecule has 0 spiro atoms. The Labute approximate surface area is 84.2 Å². The van der Waals surface area contributed by atoms with Crippen LogP contribution in [-0.2, 0) is 0 Å². The van der Waals surface area contributed by atoms with Crippen LogP contribution in [0.15, 0.2) is 18.2 Å². The summed E-state index contributed by atoms with van der Waals surface area (Å²) in [6.07, 6.45) is 0. The summed E-state index contributed by atoms with van der Waals surface area (Å²) in [4.78, 5) is 6.19. The van der Waals surface area contributed by atoms with Crippen LogP contribution in [0.2, 0.25) is 0 Å². The first-order valence-electron chi connectivity index (χ1n) is 4.51. The van der Waals surface area contributed by atoms with Gasteiger partial charge in [-0.1, -0.05) is 6.07 Å². The van der Waals surface area contributed by atoms with E-state index in [0.29, 0.717) is 5.69 Å². The van der Waals surface area contributed by atoms with E-state index in [0.717, 1.165) is 18.9 Å². The zero-order chi connectivity index (χ0) is 10.4. The van der Waals surface area contributed by atoms with E-state index in [2.05, 4.69) is 10.3 Å². The topological polar surface area (TPSA) is 52.0 Å². The highest BCUT2D eigenvalue weighted by molar-refractivity contribution is 5.40. The monoisotopic (exact) mass is 190 g/mol. The fourth-order valence-corrected chi connectivity index (χ4v) is 1.09. The lowest BCUT2D eigenvalue weighted by molar-refractivity contribution is 0.761. The maximum atomic E-state index is 8.68. The summed E-state index contributed by atoms with van der Waals surface area (Å²) in [5.41, 5.74) is 0.457. The summed E-state index contributed by atoms with van der Waals surface area (Å²) in [6.45, 7) is 1.77. The van der Waals surface area contributed by atoms with E-state index in [1.165, 1.54) is 0 Å². The quantitative estimate of drug-likeness (QED) is 0.755. The number of hydrogen-bond donors (Lipinski definition) is 1. The van der Waals surface area contributed by atoms with Crippen molar-refractivity contribution in [1.82, 2.24) is 10.3 Å². The first-order valence-corrected chi connectivity index (χ1v) is 4.51. The largest absolute Gasteiger partial charge is 0.358 e. The molecule has 0 aliphatic carbocycles. The van der Waals surface area contributed by atoms with Crippen molar-refractivity contribution in [2.24, 2.45) is 0 Å². The van der Waals surface area contributed by atoms with E-state index in [-0.39, 0.29) is 0 Å². The second-order valence-electron chi connectivity index (χ2n) is 3.02. The Hall–Kier alpha value is -1.60. The fraction of sp³-hybridized carbons (Fsp3) is 0.400. The first kappa shape index (κ1) is 10.5. The molecule has 4 heteroatoms. The van der Waals surface area contributed by atoms with Crippen molar-refractivity contribution in [2.75, 3.05) is 32.1 Å². The molecular formula is C10H14N4. The molecule has 0 aliphatic rings. The van der Waals surface area contributed by atoms with Gasteiger partial charge in [-0.15, -0.1) is 0 Å². The standard InChI is InChI=1S/C10H14N4/c1-12-6-7-14(2)10-5-3-4-9(8-11)13-10/h3-5,12H,6-7H2,1-2H3. The van der Waals surface area contributed by atoms with Gasteiger partial charge in [-0.3, -0.25) is 0 Å². The zero-order valence-corrected chi connectivity index (χ0v) is 8.49. The molecule has 0 saturated heterocycles. The number of nitrogens with one attached hydrogen (secondary N) is 1. The summed E-state index contributed by atoms with van der Waals surface area (Å²) in [5, 5.41) is 11.7. The second kappa shape index (κ2) is 5.20. The zero-order valence-electron chi connectivity index (χ0n) is 8.49. The molecule has 0 radical (unpaired) electrons. The van der Waals surface area contributed by atoms with E-state index < -0.39 is 0 Å². The number of anilines is 1. The summed E-state index contributed by atoms with van der Waals surface area (Å²) >= 11 is 0. The van der Waals surface area contributed by atoms with Gasteiger partial charge in [0.15, 0.2) is 0 Å². The predicted molar refractivity (Wildman–Crippen MR) is 56.1 cm³/mol. The van der Waals surface area contributed by atoms with Crippen molar-refractivity contribution in [1.29, 1.82) is 5.26 Å². The third-order valence-electron chi connectivity index (χ3n) is 1.94. The molecule has 1 aromatic heterocycles. The molecule has 0 amide bonds. The van der Waals surface area contributed by atoms with Crippen LogP contribution >= 0.6 is 0 Å². The number of rotatable bonds is 4. The second-order valence-corrected chi connectivity index (χ2v) is 3.02. The number of hydrogen-bond acceptors (Lipinski definition) is 4. The van der Waals surface area contributed by atoms with Crippen molar-refractivity contribution in [2.45, 2.75) is 0 Å². The smallest absolute Gasteiger partial charge is 0.142 e. The maximum absolute atomic E-state index is 8.68. The molecule has 1 heterocycles. The Bertz CT molecular complexity index is 329. The summed E-state index contributed by atoms with van der Waals surface area (Å²) in [5.74, 6) is 0.833. The van der Waals surface area contributed by atoms with E-state index >= 15 is 0 Å². The van der Waals surface area contributed by atoms with Gasteiger partial charge in [0.05, 0.1) is 0 Å². The molecule has 0 bridgehead atoms. The SMILES string of the molecule is CNCCN(C)c1cccc(C#N)n1. The predicted octanol–water partition coefficient (Wildman–Crippen LogP) is 0.609. The number of likely N-dealkylation sites (N-methyl/N-ethyl adjacent to an activating group) is 2. The third-order valence-corrected chi connectivity index (χ3v) is 1.94. The highest BCUT2D eigenvalue weighted by Gasteiger charge is 2.01. The van der Waals surface area contributed by atoms with Crippen molar-refractivity contribution >= 4 is 5.82 Å². The Balaban J connectivity index is 2.70. The Morgan fingerprint density at radius 2 is 2.36 bits per heavy atom. The first-order chi connectivity index (χ1) is 6.77. The van der Waals surface area contributed by atoms with Crippen LogP contribution in [0.25, 0.3) is 0 Å². The molecule has 74 valence electrons. The summed E-state index contributed by atoms with van der Waals surface area (Å²) in [6, 6.07) is 7.47. The molecule has 0 fully saturated rings. The number of nitrogens with zero attached hydrogens (tertiary/aromatic N) is 3. The highest BCUT2D eigenvalue weighted by Crippen LogP contribution is 2.08. The molecule has 0 saturated carbocycles. The number of nitriles is 1. The number of pyridine rings is 1. The van der Waals surface area contributed by atoms with Crippen LogP contribution < -0.4 is 10.2 Å². The van der Waals surface area contributed by atoms with Gasteiger partial charge in [0, 0.05) is 20.1 Å². The normalized spacial score (nSPS) is 9.50. The van der Waals surface area contributed by atoms with Gasteiger partial charge in [-0.25, -0.2) is 4.98 Å². The molecule has 0 unspecified atom stereocenters. The van der Waals surface area contributed by atoms with Crippen molar-refractivity contribution in [3.05, 3.63) is 23.9 Å². The molecule has 14 heavy (non-hydrogen) atoms. The minimum absolute atomic E-state index is 0.457. The van der Waals surface area contributed by atoms with Gasteiger partial charge in [0.25, 0.3) is 0 Å². The van der Waals surface area contributed by atoms with Gasteiger partial charge in [-0.2, -0.15) is 5.26 Å². The highest BCUT2D eigenvalue weighted by atomic mass is 15.2. The number of aromatic nitrogens is 1. The van der Waals surface area contributed by atoms with Crippen LogP contribution in [0.1, 0.15) is 5.69 Å². The van der Waals surface area contributed by atoms with Gasteiger partial charge in [0.2, 0.25) is 0 Å². The Morgan fingerprint density at radius 1 is 1.57 bits per heavy atom. The lowest BCUT2D eigenvalue weighted by atomic mass is 10.3. The van der Waals surface area contributed by atoms with E-state index in [4.69, 9.17) is 5.26 Å². The van der Waals surface area contributed by atoms with Crippen LogP contribution in [-0.4, -0.2) is 32.2 Å². The van der Waals surface area contributed by atoms with Crippen molar-refractivity contribution in [3.8, 4) is 6.07 Å². The van der Waals surface area contributed by atoms with Crippen LogP contribution in [0.4, 0.5) is 5.82 Å². The van der Waals surface area contributed by atoms with Crippen LogP contribution in [0.5, 0.6) is 0 Å². The minimum Gasteiger partial charge on any atom is -0.358 e. The average Bonchev–Trinajstić information content (AvgIpc) is 2.26. The summed E-state index contributed by atoms with van der Waals surface area (Å²) < 4.78 is 0. The van der Waals surface area contributed by atoms with Crippen molar-refractivity contribution < 1.29 is 0 Å².